The summed E-state index contributed by atoms with van der Waals surface area (Å²) < 4.78 is 32.7. The minimum Gasteiger partial charge on any atom is -0.449 e. The fourth-order valence-corrected chi connectivity index (χ4v) is 8.06. The third-order valence-corrected chi connectivity index (χ3v) is 11.6. The van der Waals surface area contributed by atoms with Crippen molar-refractivity contribution in [3.63, 3.8) is 0 Å². The quantitative estimate of drug-likeness (QED) is 0.0762. The second-order valence-corrected chi connectivity index (χ2v) is 15.6. The first-order chi connectivity index (χ1) is 28.4. The van der Waals surface area contributed by atoms with E-state index in [9.17, 15) is 24.0 Å². The Morgan fingerprint density at radius 2 is 0.948 bits per heavy atom. The molecule has 0 radical (unpaired) electrons. The molecule has 0 spiro atoms. The number of fused-ring (bicyclic) bond motifs is 2. The van der Waals surface area contributed by atoms with Crippen molar-refractivity contribution in [2.75, 3.05) is 92.8 Å². The van der Waals surface area contributed by atoms with Crippen molar-refractivity contribution in [1.29, 1.82) is 0 Å². The number of hydrogen-bond acceptors (Lipinski definition) is 11. The molecule has 0 aromatic heterocycles. The maximum atomic E-state index is 12.9. The zero-order valence-corrected chi connectivity index (χ0v) is 34.7. The van der Waals surface area contributed by atoms with Gasteiger partial charge >= 0.3 is 12.2 Å². The number of amides is 3. The Morgan fingerprint density at radius 3 is 1.38 bits per heavy atom. The van der Waals surface area contributed by atoms with Gasteiger partial charge in [0, 0.05) is 84.7 Å². The van der Waals surface area contributed by atoms with Crippen molar-refractivity contribution >= 4 is 29.7 Å². The van der Waals surface area contributed by atoms with Gasteiger partial charge in [0.1, 0.15) is 11.6 Å². The van der Waals surface area contributed by atoms with Gasteiger partial charge in [-0.2, -0.15) is 0 Å². The molecule has 14 heteroatoms. The zero-order chi connectivity index (χ0) is 41.2. The van der Waals surface area contributed by atoms with E-state index in [1.54, 1.807) is 12.0 Å². The Balaban J connectivity index is 0.984. The molecule has 3 amide bonds. The maximum absolute atomic E-state index is 12.9. The molecule has 4 unspecified atom stereocenters. The fourth-order valence-electron chi connectivity index (χ4n) is 8.06. The highest BCUT2D eigenvalue weighted by atomic mass is 16.6. The van der Waals surface area contributed by atoms with Crippen LogP contribution < -0.4 is 10.6 Å². The molecule has 324 valence electrons. The first kappa shape index (κ1) is 47.0. The Labute approximate surface area is 345 Å². The Kier molecular flexibility index (Phi) is 22.6. The van der Waals surface area contributed by atoms with Crippen molar-refractivity contribution in [3.8, 4) is 23.7 Å². The van der Waals surface area contributed by atoms with E-state index in [1.165, 1.54) is 0 Å². The SMILES string of the molecule is COCCOCCC(=O)N(CCOCCC(=O)CCCNC(=O)OCC1C2CCC#CCCC21)CCOCCC(=O)CCCNC(=O)OCC1C2CCC#CCCC21. The van der Waals surface area contributed by atoms with Crippen LogP contribution in [0.1, 0.15) is 96.3 Å². The molecular weight excluding hydrogens is 746 g/mol. The molecular formula is C44H67N3O11. The molecule has 0 aromatic carbocycles. The lowest BCUT2D eigenvalue weighted by molar-refractivity contribution is -0.134. The lowest BCUT2D eigenvalue weighted by Gasteiger charge is -2.23. The summed E-state index contributed by atoms with van der Waals surface area (Å²) in [5.74, 6) is 16.1. The molecule has 0 aliphatic heterocycles. The number of ketones is 2. The lowest BCUT2D eigenvalue weighted by atomic mass is 10.1. The van der Waals surface area contributed by atoms with Crippen molar-refractivity contribution < 1.29 is 52.4 Å². The second kappa shape index (κ2) is 27.9. The predicted molar refractivity (Wildman–Crippen MR) is 215 cm³/mol. The van der Waals surface area contributed by atoms with E-state index in [4.69, 9.17) is 28.4 Å². The van der Waals surface area contributed by atoms with Gasteiger partial charge in [-0.3, -0.25) is 14.4 Å². The molecule has 4 rings (SSSR count). The fraction of sp³-hybridized carbons (Fsp3) is 0.795. The van der Waals surface area contributed by atoms with Gasteiger partial charge < -0.3 is 44.0 Å². The van der Waals surface area contributed by atoms with Crippen LogP contribution in [0.3, 0.4) is 0 Å². The molecule has 2 fully saturated rings. The van der Waals surface area contributed by atoms with E-state index in [1.807, 2.05) is 0 Å². The summed E-state index contributed by atoms with van der Waals surface area (Å²) in [5, 5.41) is 5.49. The number of alkyl carbamates (subject to hydrolysis) is 2. The molecule has 0 aromatic rings. The van der Waals surface area contributed by atoms with E-state index in [0.29, 0.717) is 114 Å². The van der Waals surface area contributed by atoms with Gasteiger partial charge in [0.05, 0.1) is 65.9 Å². The summed E-state index contributed by atoms with van der Waals surface area (Å²) in [6.07, 6.45) is 9.55. The van der Waals surface area contributed by atoms with E-state index < -0.39 is 12.2 Å². The summed E-state index contributed by atoms with van der Waals surface area (Å²) >= 11 is 0. The van der Waals surface area contributed by atoms with E-state index in [-0.39, 0.29) is 69.8 Å². The maximum Gasteiger partial charge on any atom is 0.407 e. The first-order valence-electron chi connectivity index (χ1n) is 21.6. The molecule has 14 nitrogen and oxygen atoms in total. The largest absolute Gasteiger partial charge is 0.449 e. The summed E-state index contributed by atoms with van der Waals surface area (Å²) in [6, 6.07) is 0. The predicted octanol–water partition coefficient (Wildman–Crippen LogP) is 4.71. The minimum absolute atomic E-state index is 0.0393. The average molecular weight is 814 g/mol. The third kappa shape index (κ3) is 18.9. The van der Waals surface area contributed by atoms with Crippen LogP contribution in [0.5, 0.6) is 0 Å². The number of nitrogens with zero attached hydrogens (tertiary/aromatic N) is 1. The number of ether oxygens (including phenoxy) is 6. The minimum atomic E-state index is -0.436. The van der Waals surface area contributed by atoms with Crippen LogP contribution in [0.4, 0.5) is 9.59 Å². The smallest absolute Gasteiger partial charge is 0.407 e. The third-order valence-electron chi connectivity index (χ3n) is 11.6. The normalized spacial score (nSPS) is 22.6. The van der Waals surface area contributed by atoms with Gasteiger partial charge in [-0.05, 0) is 74.0 Å². The molecule has 2 N–H and O–H groups in total. The van der Waals surface area contributed by atoms with Crippen LogP contribution in [0.15, 0.2) is 0 Å². The van der Waals surface area contributed by atoms with Gasteiger partial charge in [0.25, 0.3) is 0 Å². The topological polar surface area (TPSA) is 168 Å². The van der Waals surface area contributed by atoms with Crippen LogP contribution in [-0.2, 0) is 42.8 Å². The highest BCUT2D eigenvalue weighted by Crippen LogP contribution is 2.53. The number of carbonyl (C=O) groups excluding carboxylic acids is 5. The number of methoxy groups -OCH3 is 1. The molecule has 4 atom stereocenters. The standard InChI is InChI=1S/C44H67N3O11/c1-53-30-31-56-27-20-42(50)47(23-28-54-25-18-34(48)12-10-21-45-43(51)57-32-40-36-14-6-2-3-7-15-37(36)40)24-29-55-26-19-35(49)13-11-22-46-44(52)58-33-41-38-16-8-4-5-9-17-39(38)41/h36-41H,6-33H2,1H3,(H,45,51)(H,46,52). The molecule has 2 saturated carbocycles. The highest BCUT2D eigenvalue weighted by Gasteiger charge is 2.50. The Morgan fingerprint density at radius 1 is 0.534 bits per heavy atom. The van der Waals surface area contributed by atoms with Gasteiger partial charge in [-0.15, -0.1) is 23.7 Å². The van der Waals surface area contributed by atoms with E-state index in [2.05, 4.69) is 34.3 Å². The molecule has 0 heterocycles. The van der Waals surface area contributed by atoms with E-state index >= 15 is 0 Å². The van der Waals surface area contributed by atoms with Crippen LogP contribution >= 0.6 is 0 Å². The van der Waals surface area contributed by atoms with E-state index in [0.717, 1.165) is 51.4 Å². The highest BCUT2D eigenvalue weighted by molar-refractivity contribution is 5.79. The lowest BCUT2D eigenvalue weighted by Crippen LogP contribution is -2.37. The zero-order valence-electron chi connectivity index (χ0n) is 34.7. The summed E-state index contributed by atoms with van der Waals surface area (Å²) in [4.78, 5) is 63.6. The molecule has 0 saturated heterocycles. The first-order valence-corrected chi connectivity index (χ1v) is 21.6. The monoisotopic (exact) mass is 813 g/mol. The second-order valence-electron chi connectivity index (χ2n) is 15.6. The number of Topliss-reactive ketones (excluding diaryl/α,β-unsaturated/α-hetero) is 2. The van der Waals surface area contributed by atoms with Crippen molar-refractivity contribution in [2.45, 2.75) is 96.3 Å². The molecule has 58 heavy (non-hydrogen) atoms. The van der Waals surface area contributed by atoms with Gasteiger partial charge in [-0.25, -0.2) is 9.59 Å². The number of rotatable bonds is 30. The van der Waals surface area contributed by atoms with Crippen LogP contribution in [0.2, 0.25) is 0 Å². The van der Waals surface area contributed by atoms with Gasteiger partial charge in [-0.1, -0.05) is 0 Å². The Bertz CT molecular complexity index is 1290. The van der Waals surface area contributed by atoms with Gasteiger partial charge in [0.15, 0.2) is 0 Å². The van der Waals surface area contributed by atoms with Crippen molar-refractivity contribution in [2.24, 2.45) is 35.5 Å². The molecule has 4 aliphatic carbocycles. The summed E-state index contributed by atoms with van der Waals surface area (Å²) in [7, 11) is 1.58. The number of hydrogen-bond donors (Lipinski definition) is 2. The van der Waals surface area contributed by atoms with Crippen LogP contribution in [0.25, 0.3) is 0 Å². The summed E-state index contributed by atoms with van der Waals surface area (Å²) in [5.41, 5.74) is 0. The van der Waals surface area contributed by atoms with Crippen LogP contribution in [-0.4, -0.2) is 127 Å². The summed E-state index contributed by atoms with van der Waals surface area (Å²) in [6.45, 7) is 4.34. The van der Waals surface area contributed by atoms with Crippen LogP contribution in [0, 0.1) is 59.2 Å². The van der Waals surface area contributed by atoms with Gasteiger partial charge in [0.2, 0.25) is 5.91 Å². The molecule has 4 aliphatic rings. The number of carbonyl (C=O) groups is 5. The molecule has 0 bridgehead atoms. The van der Waals surface area contributed by atoms with Crippen molar-refractivity contribution in [1.82, 2.24) is 15.5 Å². The Hall–Kier alpha value is -3.69. The average Bonchev–Trinajstić information content (AvgIpc) is 4.06. The van der Waals surface area contributed by atoms with Crippen molar-refractivity contribution in [3.05, 3.63) is 0 Å². The number of nitrogens with one attached hydrogen (secondary N) is 2.